The summed E-state index contributed by atoms with van der Waals surface area (Å²) in [6.07, 6.45) is 2.26. The zero-order valence-corrected chi connectivity index (χ0v) is 12.5. The quantitative estimate of drug-likeness (QED) is 0.788. The summed E-state index contributed by atoms with van der Waals surface area (Å²) in [6, 6.07) is 2.02. The highest BCUT2D eigenvalue weighted by atomic mass is 16.5. The molecule has 0 aromatic carbocycles. The van der Waals surface area contributed by atoms with Gasteiger partial charge < -0.3 is 14.7 Å². The number of rotatable bonds is 8. The fraction of sp³-hybridized carbons (Fsp3) is 0.643. The lowest BCUT2D eigenvalue weighted by Gasteiger charge is -2.27. The maximum Gasteiger partial charge on any atom is 0.303 e. The Morgan fingerprint density at radius 3 is 2.60 bits per heavy atom. The van der Waals surface area contributed by atoms with E-state index in [1.807, 2.05) is 27.7 Å². The first-order valence-corrected chi connectivity index (χ1v) is 6.87. The zero-order valence-electron chi connectivity index (χ0n) is 12.5. The van der Waals surface area contributed by atoms with E-state index in [0.29, 0.717) is 18.8 Å². The van der Waals surface area contributed by atoms with Gasteiger partial charge >= 0.3 is 5.97 Å². The standard InChI is InChI=1S/C14H23N3O3/c1-10(2)17(7-5-6-14(18)19)12-8-13(16-9-15-12)20-11(3)4/h8-11H,5-7H2,1-4H3,(H,18,19). The van der Waals surface area contributed by atoms with Gasteiger partial charge in [-0.15, -0.1) is 0 Å². The Labute approximate surface area is 119 Å². The molecule has 1 N–H and O–H groups in total. The van der Waals surface area contributed by atoms with Crippen molar-refractivity contribution in [2.75, 3.05) is 11.4 Å². The van der Waals surface area contributed by atoms with Crippen molar-refractivity contribution in [1.82, 2.24) is 9.97 Å². The Balaban J connectivity index is 2.77. The number of hydrogen-bond acceptors (Lipinski definition) is 5. The van der Waals surface area contributed by atoms with Gasteiger partial charge in [0.25, 0.3) is 0 Å². The minimum absolute atomic E-state index is 0.0530. The number of carboxylic acid groups (broad SMARTS) is 1. The van der Waals surface area contributed by atoms with Crippen molar-refractivity contribution < 1.29 is 14.6 Å². The van der Waals surface area contributed by atoms with Crippen LogP contribution in [0.4, 0.5) is 5.82 Å². The van der Waals surface area contributed by atoms with Gasteiger partial charge in [-0.2, -0.15) is 0 Å². The third kappa shape index (κ3) is 5.42. The second-order valence-electron chi connectivity index (χ2n) is 5.17. The predicted octanol–water partition coefficient (Wildman–Crippen LogP) is 2.34. The van der Waals surface area contributed by atoms with Gasteiger partial charge in [0, 0.05) is 25.1 Å². The molecule has 1 aromatic heterocycles. The number of carboxylic acids is 1. The molecule has 0 aliphatic rings. The van der Waals surface area contributed by atoms with Gasteiger partial charge in [0.05, 0.1) is 6.10 Å². The second-order valence-corrected chi connectivity index (χ2v) is 5.17. The van der Waals surface area contributed by atoms with Crippen LogP contribution < -0.4 is 9.64 Å². The van der Waals surface area contributed by atoms with Crippen molar-refractivity contribution in [3.63, 3.8) is 0 Å². The molecule has 0 fully saturated rings. The van der Waals surface area contributed by atoms with Crippen LogP contribution in [0, 0.1) is 0 Å². The molecule has 0 unspecified atom stereocenters. The second kappa shape index (κ2) is 7.67. The molecule has 0 spiro atoms. The molecule has 1 heterocycles. The zero-order chi connectivity index (χ0) is 15.1. The van der Waals surface area contributed by atoms with E-state index in [4.69, 9.17) is 9.84 Å². The number of aliphatic carboxylic acids is 1. The summed E-state index contributed by atoms with van der Waals surface area (Å²) in [5.41, 5.74) is 0. The van der Waals surface area contributed by atoms with E-state index in [2.05, 4.69) is 14.9 Å². The first-order valence-electron chi connectivity index (χ1n) is 6.87. The molecule has 0 saturated carbocycles. The largest absolute Gasteiger partial charge is 0.481 e. The van der Waals surface area contributed by atoms with Crippen molar-refractivity contribution in [2.45, 2.75) is 52.7 Å². The SMILES string of the molecule is CC(C)Oc1cc(N(CCCC(=O)O)C(C)C)ncn1. The van der Waals surface area contributed by atoms with Crippen molar-refractivity contribution in [3.05, 3.63) is 12.4 Å². The molecular formula is C14H23N3O3. The lowest BCUT2D eigenvalue weighted by Crippen LogP contribution is -2.32. The van der Waals surface area contributed by atoms with E-state index < -0.39 is 5.97 Å². The van der Waals surface area contributed by atoms with E-state index in [1.54, 1.807) is 6.07 Å². The average molecular weight is 281 g/mol. The van der Waals surface area contributed by atoms with Gasteiger partial charge in [-0.25, -0.2) is 9.97 Å². The number of carbonyl (C=O) groups is 1. The van der Waals surface area contributed by atoms with Crippen LogP contribution in [-0.4, -0.2) is 39.7 Å². The highest BCUT2D eigenvalue weighted by molar-refractivity contribution is 5.66. The van der Waals surface area contributed by atoms with Crippen LogP contribution in [0.1, 0.15) is 40.5 Å². The van der Waals surface area contributed by atoms with Crippen molar-refractivity contribution >= 4 is 11.8 Å². The first kappa shape index (κ1) is 16.2. The van der Waals surface area contributed by atoms with Gasteiger partial charge in [0.15, 0.2) is 0 Å². The summed E-state index contributed by atoms with van der Waals surface area (Å²) < 4.78 is 5.56. The highest BCUT2D eigenvalue weighted by Gasteiger charge is 2.14. The molecule has 0 radical (unpaired) electrons. The number of hydrogen-bond donors (Lipinski definition) is 1. The minimum Gasteiger partial charge on any atom is -0.481 e. The van der Waals surface area contributed by atoms with Gasteiger partial charge in [-0.3, -0.25) is 4.79 Å². The summed E-state index contributed by atoms with van der Waals surface area (Å²) in [7, 11) is 0. The maximum atomic E-state index is 10.6. The van der Waals surface area contributed by atoms with Crippen LogP contribution >= 0.6 is 0 Å². The third-order valence-corrected chi connectivity index (χ3v) is 2.69. The molecule has 20 heavy (non-hydrogen) atoms. The number of ether oxygens (including phenoxy) is 1. The smallest absolute Gasteiger partial charge is 0.303 e. The van der Waals surface area contributed by atoms with Crippen LogP contribution in [-0.2, 0) is 4.79 Å². The molecule has 0 aliphatic carbocycles. The van der Waals surface area contributed by atoms with Gasteiger partial charge in [-0.05, 0) is 34.1 Å². The summed E-state index contributed by atoms with van der Waals surface area (Å²) in [4.78, 5) is 21.0. The van der Waals surface area contributed by atoms with Crippen LogP contribution in [0.2, 0.25) is 0 Å². The van der Waals surface area contributed by atoms with Crippen LogP contribution in [0.15, 0.2) is 12.4 Å². The minimum atomic E-state index is -0.778. The topological polar surface area (TPSA) is 75.5 Å². The predicted molar refractivity (Wildman–Crippen MR) is 77.1 cm³/mol. The Hall–Kier alpha value is -1.85. The summed E-state index contributed by atoms with van der Waals surface area (Å²) in [5, 5.41) is 8.71. The molecule has 0 bridgehead atoms. The molecule has 1 rings (SSSR count). The Kier molecular flexibility index (Phi) is 6.21. The number of nitrogens with zero attached hydrogens (tertiary/aromatic N) is 3. The molecule has 0 atom stereocenters. The van der Waals surface area contributed by atoms with Crippen molar-refractivity contribution in [1.29, 1.82) is 0 Å². The molecular weight excluding hydrogens is 258 g/mol. The summed E-state index contributed by atoms with van der Waals surface area (Å²) in [5.74, 6) is 0.519. The Morgan fingerprint density at radius 2 is 2.05 bits per heavy atom. The lowest BCUT2D eigenvalue weighted by atomic mass is 10.2. The van der Waals surface area contributed by atoms with Gasteiger partial charge in [0.2, 0.25) is 5.88 Å². The molecule has 0 amide bonds. The molecule has 0 saturated heterocycles. The molecule has 0 aliphatic heterocycles. The molecule has 6 heteroatoms. The fourth-order valence-corrected chi connectivity index (χ4v) is 1.83. The maximum absolute atomic E-state index is 10.6. The van der Waals surface area contributed by atoms with Crippen LogP contribution in [0.3, 0.4) is 0 Å². The Bertz CT molecular complexity index is 435. The van der Waals surface area contributed by atoms with E-state index in [1.165, 1.54) is 6.33 Å². The van der Waals surface area contributed by atoms with Crippen LogP contribution in [0.25, 0.3) is 0 Å². The van der Waals surface area contributed by atoms with E-state index >= 15 is 0 Å². The lowest BCUT2D eigenvalue weighted by molar-refractivity contribution is -0.137. The first-order chi connectivity index (χ1) is 9.40. The molecule has 1 aromatic rings. The van der Waals surface area contributed by atoms with E-state index in [9.17, 15) is 4.79 Å². The van der Waals surface area contributed by atoms with Crippen molar-refractivity contribution in [3.8, 4) is 5.88 Å². The third-order valence-electron chi connectivity index (χ3n) is 2.69. The normalized spacial score (nSPS) is 10.9. The monoisotopic (exact) mass is 281 g/mol. The summed E-state index contributed by atoms with van der Waals surface area (Å²) in [6.45, 7) is 8.61. The molecule has 112 valence electrons. The van der Waals surface area contributed by atoms with Gasteiger partial charge in [-0.1, -0.05) is 0 Å². The number of aromatic nitrogens is 2. The van der Waals surface area contributed by atoms with Crippen molar-refractivity contribution in [2.24, 2.45) is 0 Å². The average Bonchev–Trinajstić information content (AvgIpc) is 2.33. The van der Waals surface area contributed by atoms with E-state index in [-0.39, 0.29) is 18.6 Å². The summed E-state index contributed by atoms with van der Waals surface area (Å²) >= 11 is 0. The fourth-order valence-electron chi connectivity index (χ4n) is 1.83. The van der Waals surface area contributed by atoms with Gasteiger partial charge in [0.1, 0.15) is 12.1 Å². The van der Waals surface area contributed by atoms with E-state index in [0.717, 1.165) is 5.82 Å². The van der Waals surface area contributed by atoms with Crippen LogP contribution in [0.5, 0.6) is 5.88 Å². The number of anilines is 1. The highest BCUT2D eigenvalue weighted by Crippen LogP contribution is 2.19. The molecule has 6 nitrogen and oxygen atoms in total. The Morgan fingerprint density at radius 1 is 1.35 bits per heavy atom.